The summed E-state index contributed by atoms with van der Waals surface area (Å²) >= 11 is 0. The number of carbonyl (C=O) groups is 1. The first-order valence-corrected chi connectivity index (χ1v) is 8.95. The van der Waals surface area contributed by atoms with Crippen LogP contribution in [0.4, 0.5) is 5.69 Å². The van der Waals surface area contributed by atoms with Crippen LogP contribution in [-0.4, -0.2) is 41.5 Å². The number of fused-ring (bicyclic) bond motifs is 1. The third-order valence-electron chi connectivity index (χ3n) is 4.66. The summed E-state index contributed by atoms with van der Waals surface area (Å²) in [5.74, 6) is 0.0152. The zero-order chi connectivity index (χ0) is 17.6. The average molecular weight is 338 g/mol. The first-order valence-electron chi connectivity index (χ1n) is 8.95. The first-order chi connectivity index (χ1) is 12.1. The zero-order valence-corrected chi connectivity index (χ0v) is 14.8. The van der Waals surface area contributed by atoms with Gasteiger partial charge in [0.2, 0.25) is 5.91 Å². The Hall–Kier alpha value is -2.40. The molecule has 1 amide bonds. The number of para-hydroxylation sites is 1. The van der Waals surface area contributed by atoms with Gasteiger partial charge >= 0.3 is 0 Å². The van der Waals surface area contributed by atoms with Crippen LogP contribution in [0.15, 0.2) is 48.8 Å². The monoisotopic (exact) mass is 338 g/mol. The molecule has 0 unspecified atom stereocenters. The van der Waals surface area contributed by atoms with E-state index in [0.717, 1.165) is 54.6 Å². The Morgan fingerprint density at radius 1 is 1.32 bits per heavy atom. The predicted molar refractivity (Wildman–Crippen MR) is 102 cm³/mol. The second-order valence-electron chi connectivity index (χ2n) is 6.62. The quantitative estimate of drug-likeness (QED) is 0.849. The number of amides is 1. The number of nitrogens with one attached hydrogen (secondary N) is 2. The van der Waals surface area contributed by atoms with Crippen LogP contribution in [-0.2, 0) is 4.79 Å². The van der Waals surface area contributed by atoms with Crippen molar-refractivity contribution in [2.45, 2.75) is 32.2 Å². The highest BCUT2D eigenvalue weighted by Crippen LogP contribution is 2.16. The Bertz CT molecular complexity index is 750. The highest BCUT2D eigenvalue weighted by atomic mass is 16.2. The van der Waals surface area contributed by atoms with Crippen LogP contribution in [0, 0.1) is 0 Å². The summed E-state index contributed by atoms with van der Waals surface area (Å²) in [5, 5.41) is 7.46. The highest BCUT2D eigenvalue weighted by molar-refractivity contribution is 5.94. The number of nitrogens with zero attached hydrogens (tertiary/aromatic N) is 2. The molecule has 0 radical (unpaired) electrons. The fourth-order valence-corrected chi connectivity index (χ4v) is 3.17. The lowest BCUT2D eigenvalue weighted by molar-refractivity contribution is -0.117. The molecule has 3 rings (SSSR count). The lowest BCUT2D eigenvalue weighted by Crippen LogP contribution is -2.44. The van der Waals surface area contributed by atoms with E-state index in [1.54, 1.807) is 6.20 Å². The van der Waals surface area contributed by atoms with E-state index in [1.807, 2.05) is 30.3 Å². The van der Waals surface area contributed by atoms with Gasteiger partial charge in [0.1, 0.15) is 0 Å². The van der Waals surface area contributed by atoms with Gasteiger partial charge in [0.25, 0.3) is 0 Å². The number of likely N-dealkylation sites (tertiary alicyclic amines) is 1. The van der Waals surface area contributed by atoms with Crippen LogP contribution < -0.4 is 10.6 Å². The standard InChI is InChI=1S/C20H26N4O/c1-3-15(2)22-17-8-10-24(11-9-17)14-20(25)23-18-12-16-6-4-5-7-19(16)21-13-18/h4-7,12-13,17,22H,2-3,8-11,14H2,1H3,(H,23,25). The van der Waals surface area contributed by atoms with Gasteiger partial charge in [-0.2, -0.15) is 0 Å². The Morgan fingerprint density at radius 3 is 2.84 bits per heavy atom. The lowest BCUT2D eigenvalue weighted by Gasteiger charge is -2.32. The molecule has 0 bridgehead atoms. The van der Waals surface area contributed by atoms with Crippen molar-refractivity contribution < 1.29 is 4.79 Å². The Kier molecular flexibility index (Phi) is 5.66. The molecular formula is C20H26N4O. The second kappa shape index (κ2) is 8.12. The fourth-order valence-electron chi connectivity index (χ4n) is 3.17. The van der Waals surface area contributed by atoms with Crippen LogP contribution in [0.2, 0.25) is 0 Å². The molecule has 1 aliphatic heterocycles. The average Bonchev–Trinajstić information content (AvgIpc) is 2.63. The van der Waals surface area contributed by atoms with Crippen LogP contribution in [0.5, 0.6) is 0 Å². The number of carbonyl (C=O) groups excluding carboxylic acids is 1. The zero-order valence-electron chi connectivity index (χ0n) is 14.8. The van der Waals surface area contributed by atoms with Crippen LogP contribution in [0.25, 0.3) is 10.9 Å². The topological polar surface area (TPSA) is 57.3 Å². The van der Waals surface area contributed by atoms with Gasteiger partial charge in [-0.05, 0) is 31.4 Å². The lowest BCUT2D eigenvalue weighted by atomic mass is 10.0. The summed E-state index contributed by atoms with van der Waals surface area (Å²) in [6.07, 6.45) is 4.77. The van der Waals surface area contributed by atoms with Gasteiger partial charge in [0.15, 0.2) is 0 Å². The van der Waals surface area contributed by atoms with E-state index in [0.29, 0.717) is 12.6 Å². The SMILES string of the molecule is C=C(CC)NC1CCN(CC(=O)Nc2cnc3ccccc3c2)CC1. The van der Waals surface area contributed by atoms with Crippen molar-refractivity contribution in [3.05, 3.63) is 48.8 Å². The third kappa shape index (κ3) is 4.79. The number of pyridine rings is 1. The summed E-state index contributed by atoms with van der Waals surface area (Å²) < 4.78 is 0. The maximum Gasteiger partial charge on any atom is 0.238 e. The highest BCUT2D eigenvalue weighted by Gasteiger charge is 2.20. The molecule has 1 aromatic carbocycles. The van der Waals surface area contributed by atoms with Crippen molar-refractivity contribution in [3.8, 4) is 0 Å². The molecule has 0 spiro atoms. The Labute approximate surface area is 149 Å². The molecule has 1 aliphatic rings. The summed E-state index contributed by atoms with van der Waals surface area (Å²) in [4.78, 5) is 18.9. The minimum Gasteiger partial charge on any atom is -0.386 e. The molecule has 1 saturated heterocycles. The smallest absolute Gasteiger partial charge is 0.238 e. The Morgan fingerprint density at radius 2 is 2.08 bits per heavy atom. The summed E-state index contributed by atoms with van der Waals surface area (Å²) in [7, 11) is 0. The van der Waals surface area contributed by atoms with E-state index in [1.165, 1.54) is 0 Å². The van der Waals surface area contributed by atoms with Crippen molar-refractivity contribution in [2.75, 3.05) is 25.0 Å². The van der Waals surface area contributed by atoms with Crippen molar-refractivity contribution >= 4 is 22.5 Å². The normalized spacial score (nSPS) is 15.9. The number of benzene rings is 1. The van der Waals surface area contributed by atoms with Gasteiger partial charge in [-0.3, -0.25) is 14.7 Å². The van der Waals surface area contributed by atoms with E-state index in [-0.39, 0.29) is 5.91 Å². The van der Waals surface area contributed by atoms with E-state index < -0.39 is 0 Å². The molecule has 2 heterocycles. The number of aromatic nitrogens is 1. The number of rotatable bonds is 6. The number of hydrogen-bond donors (Lipinski definition) is 2. The molecule has 5 nitrogen and oxygen atoms in total. The van der Waals surface area contributed by atoms with E-state index in [4.69, 9.17) is 0 Å². The number of anilines is 1. The largest absolute Gasteiger partial charge is 0.386 e. The summed E-state index contributed by atoms with van der Waals surface area (Å²) in [6, 6.07) is 10.3. The van der Waals surface area contributed by atoms with Gasteiger partial charge in [0, 0.05) is 30.2 Å². The van der Waals surface area contributed by atoms with E-state index >= 15 is 0 Å². The van der Waals surface area contributed by atoms with E-state index in [9.17, 15) is 4.79 Å². The second-order valence-corrected chi connectivity index (χ2v) is 6.62. The molecule has 5 heteroatoms. The minimum atomic E-state index is 0.0152. The maximum absolute atomic E-state index is 12.3. The molecule has 2 N–H and O–H groups in total. The van der Waals surface area contributed by atoms with Gasteiger partial charge in [-0.15, -0.1) is 0 Å². The third-order valence-corrected chi connectivity index (χ3v) is 4.66. The number of piperidine rings is 1. The van der Waals surface area contributed by atoms with Crippen LogP contribution in [0.3, 0.4) is 0 Å². The molecule has 0 aliphatic carbocycles. The van der Waals surface area contributed by atoms with Crippen molar-refractivity contribution in [2.24, 2.45) is 0 Å². The van der Waals surface area contributed by atoms with E-state index in [2.05, 4.69) is 34.0 Å². The maximum atomic E-state index is 12.3. The number of allylic oxidation sites excluding steroid dienone is 1. The predicted octanol–water partition coefficient (Wildman–Crippen LogP) is 3.15. The van der Waals surface area contributed by atoms with Gasteiger partial charge in [-0.1, -0.05) is 31.7 Å². The summed E-state index contributed by atoms with van der Waals surface area (Å²) in [5.41, 5.74) is 2.78. The van der Waals surface area contributed by atoms with Gasteiger partial charge in [-0.25, -0.2) is 0 Å². The summed E-state index contributed by atoms with van der Waals surface area (Å²) in [6.45, 7) is 8.40. The fraction of sp³-hybridized carbons (Fsp3) is 0.400. The molecule has 0 atom stereocenters. The molecule has 1 fully saturated rings. The first kappa shape index (κ1) is 17.4. The molecule has 25 heavy (non-hydrogen) atoms. The van der Waals surface area contributed by atoms with Gasteiger partial charge < -0.3 is 10.6 Å². The van der Waals surface area contributed by atoms with Gasteiger partial charge in [0.05, 0.1) is 23.9 Å². The van der Waals surface area contributed by atoms with Crippen molar-refractivity contribution in [1.82, 2.24) is 15.2 Å². The van der Waals surface area contributed by atoms with Crippen LogP contribution >= 0.6 is 0 Å². The van der Waals surface area contributed by atoms with Crippen molar-refractivity contribution in [3.63, 3.8) is 0 Å². The Balaban J connectivity index is 1.48. The van der Waals surface area contributed by atoms with Crippen molar-refractivity contribution in [1.29, 1.82) is 0 Å². The molecule has 0 saturated carbocycles. The molecule has 2 aromatic rings. The molecule has 1 aromatic heterocycles. The number of hydrogen-bond acceptors (Lipinski definition) is 4. The minimum absolute atomic E-state index is 0.0152. The molecule has 132 valence electrons. The van der Waals surface area contributed by atoms with Crippen LogP contribution in [0.1, 0.15) is 26.2 Å². The molecular weight excluding hydrogens is 312 g/mol.